The van der Waals surface area contributed by atoms with E-state index in [1.165, 1.54) is 0 Å². The number of carboxylic acid groups (broad SMARTS) is 1. The van der Waals surface area contributed by atoms with E-state index in [1.807, 2.05) is 72.8 Å². The van der Waals surface area contributed by atoms with Gasteiger partial charge < -0.3 is 19.9 Å². The summed E-state index contributed by atoms with van der Waals surface area (Å²) in [5.41, 5.74) is 1.55. The first kappa shape index (κ1) is 21.8. The molecule has 0 fully saturated rings. The number of nitrogens with zero attached hydrogens (tertiary/aromatic N) is 1. The highest BCUT2D eigenvalue weighted by atomic mass is 16.5. The van der Waals surface area contributed by atoms with Gasteiger partial charge in [0.25, 0.3) is 5.91 Å². The van der Waals surface area contributed by atoms with Crippen molar-refractivity contribution in [3.8, 4) is 17.2 Å². The molecule has 3 aromatic carbocycles. The van der Waals surface area contributed by atoms with Gasteiger partial charge in [-0.2, -0.15) is 0 Å². The van der Waals surface area contributed by atoms with Gasteiger partial charge in [0.2, 0.25) is 0 Å². The van der Waals surface area contributed by atoms with E-state index in [1.54, 1.807) is 13.0 Å². The second-order valence-corrected chi connectivity index (χ2v) is 7.35. The Hall–Kier alpha value is -4.39. The van der Waals surface area contributed by atoms with Crippen molar-refractivity contribution in [3.05, 3.63) is 95.8 Å². The van der Waals surface area contributed by atoms with Crippen molar-refractivity contribution in [1.82, 2.24) is 10.3 Å². The molecular formula is C26H22N2O5. The summed E-state index contributed by atoms with van der Waals surface area (Å²) >= 11 is 0. The van der Waals surface area contributed by atoms with Crippen LogP contribution in [-0.4, -0.2) is 28.5 Å². The van der Waals surface area contributed by atoms with Gasteiger partial charge in [-0.05, 0) is 42.8 Å². The van der Waals surface area contributed by atoms with Gasteiger partial charge in [0.15, 0.2) is 11.4 Å². The second kappa shape index (κ2) is 9.82. The zero-order valence-corrected chi connectivity index (χ0v) is 17.9. The zero-order valence-electron chi connectivity index (χ0n) is 17.9. The number of carboxylic acids is 1. The first-order chi connectivity index (χ1) is 16.0. The number of para-hydroxylation sites is 1. The third-order valence-electron chi connectivity index (χ3n) is 4.94. The molecule has 4 rings (SSSR count). The molecule has 0 aliphatic carbocycles. The average molecular weight is 442 g/mol. The smallest absolute Gasteiger partial charge is 0.322 e. The van der Waals surface area contributed by atoms with E-state index < -0.39 is 18.4 Å². The number of carbonyl (C=O) groups is 2. The molecule has 0 spiro atoms. The molecule has 7 heteroatoms. The summed E-state index contributed by atoms with van der Waals surface area (Å²) in [4.78, 5) is 28.1. The van der Waals surface area contributed by atoms with Crippen LogP contribution in [0.1, 0.15) is 21.7 Å². The van der Waals surface area contributed by atoms with E-state index >= 15 is 0 Å². The Kier molecular flexibility index (Phi) is 6.50. The molecule has 7 nitrogen and oxygen atoms in total. The fourth-order valence-corrected chi connectivity index (χ4v) is 3.38. The molecule has 166 valence electrons. The Morgan fingerprint density at radius 1 is 0.909 bits per heavy atom. The lowest BCUT2D eigenvalue weighted by molar-refractivity contribution is -0.135. The fraction of sp³-hybridized carbons (Fsp3) is 0.115. The molecule has 0 radical (unpaired) electrons. The number of aromatic nitrogens is 1. The lowest BCUT2D eigenvalue weighted by Gasteiger charge is -2.16. The van der Waals surface area contributed by atoms with E-state index in [0.29, 0.717) is 22.6 Å². The molecule has 4 aromatic rings. The monoisotopic (exact) mass is 442 g/mol. The Bertz CT molecular complexity index is 1290. The molecule has 0 aliphatic rings. The van der Waals surface area contributed by atoms with Crippen molar-refractivity contribution < 1.29 is 24.2 Å². The van der Waals surface area contributed by atoms with Gasteiger partial charge in [0, 0.05) is 16.5 Å². The highest BCUT2D eigenvalue weighted by molar-refractivity contribution is 6.03. The summed E-state index contributed by atoms with van der Waals surface area (Å²) in [6.45, 7) is 1.49. The number of aliphatic carboxylic acids is 1. The van der Waals surface area contributed by atoms with Crippen molar-refractivity contribution >= 4 is 22.6 Å². The van der Waals surface area contributed by atoms with E-state index in [9.17, 15) is 9.59 Å². The van der Waals surface area contributed by atoms with Gasteiger partial charge in [0.05, 0.1) is 0 Å². The lowest BCUT2D eigenvalue weighted by Crippen LogP contribution is -2.30. The number of amides is 1. The largest absolute Gasteiger partial charge is 0.486 e. The predicted molar refractivity (Wildman–Crippen MR) is 124 cm³/mol. The Labute approximate surface area is 190 Å². The summed E-state index contributed by atoms with van der Waals surface area (Å²) in [5.74, 6) is -0.151. The molecule has 2 N–H and O–H groups in total. The highest BCUT2D eigenvalue weighted by Gasteiger charge is 2.21. The molecule has 0 aliphatic heterocycles. The molecule has 33 heavy (non-hydrogen) atoms. The van der Waals surface area contributed by atoms with Crippen LogP contribution < -0.4 is 14.8 Å². The minimum atomic E-state index is -1.14. The highest BCUT2D eigenvalue weighted by Crippen LogP contribution is 2.35. The molecule has 1 amide bonds. The number of nitrogens with one attached hydrogen (secondary N) is 1. The molecular weight excluding hydrogens is 420 g/mol. The van der Waals surface area contributed by atoms with E-state index in [0.717, 1.165) is 10.9 Å². The third kappa shape index (κ3) is 5.27. The van der Waals surface area contributed by atoms with E-state index in [2.05, 4.69) is 10.3 Å². The number of benzene rings is 3. The van der Waals surface area contributed by atoms with Crippen molar-refractivity contribution in [2.24, 2.45) is 0 Å². The quantitative estimate of drug-likeness (QED) is 0.409. The Balaban J connectivity index is 1.74. The van der Waals surface area contributed by atoms with Crippen molar-refractivity contribution in [2.75, 3.05) is 6.54 Å². The molecule has 0 saturated heterocycles. The molecule has 1 aromatic heterocycles. The maximum absolute atomic E-state index is 12.7. The molecule has 0 unspecified atom stereocenters. The summed E-state index contributed by atoms with van der Waals surface area (Å²) in [6.07, 6.45) is 0. The number of fused-ring (bicyclic) bond motifs is 1. The standard InChI is InChI=1S/C26H22N2O5/c1-17-22-14-20(33-19-10-6-3-7-11-19)12-13-21(22)25(32-16-18-8-4-2-5-9-18)24(28-17)26(31)27-15-23(29)30/h2-14H,15-16H2,1H3,(H,27,31)(H,29,30). The molecule has 0 saturated carbocycles. The molecule has 1 heterocycles. The predicted octanol–water partition coefficient (Wildman–Crippen LogP) is 4.73. The van der Waals surface area contributed by atoms with Gasteiger partial charge in [-0.25, -0.2) is 4.98 Å². The fourth-order valence-electron chi connectivity index (χ4n) is 3.38. The molecule has 0 bridgehead atoms. The number of hydrogen-bond acceptors (Lipinski definition) is 5. The van der Waals surface area contributed by atoms with Crippen LogP contribution in [0.5, 0.6) is 17.2 Å². The number of pyridine rings is 1. The van der Waals surface area contributed by atoms with Crippen LogP contribution in [0.4, 0.5) is 0 Å². The Morgan fingerprint density at radius 2 is 1.61 bits per heavy atom. The zero-order chi connectivity index (χ0) is 23.2. The van der Waals surface area contributed by atoms with Gasteiger partial charge in [-0.3, -0.25) is 9.59 Å². The van der Waals surface area contributed by atoms with Crippen LogP contribution in [0.15, 0.2) is 78.9 Å². The normalized spacial score (nSPS) is 10.6. The average Bonchev–Trinajstić information content (AvgIpc) is 2.83. The first-order valence-corrected chi connectivity index (χ1v) is 10.4. The summed E-state index contributed by atoms with van der Waals surface area (Å²) < 4.78 is 12.0. The van der Waals surface area contributed by atoms with Crippen molar-refractivity contribution in [2.45, 2.75) is 13.5 Å². The van der Waals surface area contributed by atoms with Crippen molar-refractivity contribution in [1.29, 1.82) is 0 Å². The van der Waals surface area contributed by atoms with Crippen LogP contribution in [0, 0.1) is 6.92 Å². The second-order valence-electron chi connectivity index (χ2n) is 7.35. The molecule has 0 atom stereocenters. The van der Waals surface area contributed by atoms with Crippen LogP contribution >= 0.6 is 0 Å². The van der Waals surface area contributed by atoms with Crippen LogP contribution in [-0.2, 0) is 11.4 Å². The van der Waals surface area contributed by atoms with Crippen LogP contribution in [0.2, 0.25) is 0 Å². The Morgan fingerprint density at radius 3 is 2.30 bits per heavy atom. The van der Waals surface area contributed by atoms with Gasteiger partial charge >= 0.3 is 5.97 Å². The minimum absolute atomic E-state index is 0.0360. The van der Waals surface area contributed by atoms with Gasteiger partial charge in [-0.1, -0.05) is 48.5 Å². The topological polar surface area (TPSA) is 97.8 Å². The summed E-state index contributed by atoms with van der Waals surface area (Å²) in [7, 11) is 0. The number of rotatable bonds is 8. The maximum Gasteiger partial charge on any atom is 0.322 e. The SMILES string of the molecule is Cc1nc(C(=O)NCC(=O)O)c(OCc2ccccc2)c2ccc(Oc3ccccc3)cc12. The number of carbonyl (C=O) groups excluding carboxylic acids is 1. The lowest BCUT2D eigenvalue weighted by atomic mass is 10.1. The van der Waals surface area contributed by atoms with E-state index in [4.69, 9.17) is 14.6 Å². The van der Waals surface area contributed by atoms with Gasteiger partial charge in [-0.15, -0.1) is 0 Å². The maximum atomic E-state index is 12.7. The van der Waals surface area contributed by atoms with Crippen LogP contribution in [0.3, 0.4) is 0 Å². The minimum Gasteiger partial charge on any atom is -0.486 e. The van der Waals surface area contributed by atoms with Crippen LogP contribution in [0.25, 0.3) is 10.8 Å². The first-order valence-electron chi connectivity index (χ1n) is 10.4. The number of aryl methyl sites for hydroxylation is 1. The van der Waals surface area contributed by atoms with E-state index in [-0.39, 0.29) is 18.1 Å². The number of ether oxygens (including phenoxy) is 2. The van der Waals surface area contributed by atoms with Crippen molar-refractivity contribution in [3.63, 3.8) is 0 Å². The summed E-state index contributed by atoms with van der Waals surface area (Å²) in [5, 5.41) is 12.7. The number of hydrogen-bond donors (Lipinski definition) is 2. The summed E-state index contributed by atoms with van der Waals surface area (Å²) in [6, 6.07) is 24.4. The third-order valence-corrected chi connectivity index (χ3v) is 4.94. The van der Waals surface area contributed by atoms with Gasteiger partial charge in [0.1, 0.15) is 24.7 Å².